The van der Waals surface area contributed by atoms with Crippen molar-refractivity contribution in [1.82, 2.24) is 24.5 Å². The summed E-state index contributed by atoms with van der Waals surface area (Å²) in [4.78, 5) is 16.2. The molecule has 0 aliphatic rings. The van der Waals surface area contributed by atoms with Crippen molar-refractivity contribution in [1.29, 1.82) is 0 Å². The highest BCUT2D eigenvalue weighted by Crippen LogP contribution is 2.15. The molecular formula is C13H19ClN6O. The highest BCUT2D eigenvalue weighted by atomic mass is 35.5. The molecule has 0 spiro atoms. The van der Waals surface area contributed by atoms with Crippen molar-refractivity contribution in [2.45, 2.75) is 26.8 Å². The second-order valence-electron chi connectivity index (χ2n) is 5.26. The SMILES string of the molecule is CC(C)Cn1ncc(NCCc2ncn(C)n2)c(Cl)c1=O. The minimum atomic E-state index is -0.272. The third-order valence-electron chi connectivity index (χ3n) is 2.83. The largest absolute Gasteiger partial charge is 0.382 e. The molecule has 0 saturated heterocycles. The molecule has 2 rings (SSSR count). The topological polar surface area (TPSA) is 77.6 Å². The van der Waals surface area contributed by atoms with E-state index in [1.54, 1.807) is 17.2 Å². The maximum Gasteiger partial charge on any atom is 0.287 e. The lowest BCUT2D eigenvalue weighted by atomic mass is 10.2. The summed E-state index contributed by atoms with van der Waals surface area (Å²) in [6.07, 6.45) is 3.88. The molecule has 0 atom stereocenters. The zero-order chi connectivity index (χ0) is 15.4. The average Bonchev–Trinajstić information content (AvgIpc) is 2.83. The number of nitrogens with one attached hydrogen (secondary N) is 1. The summed E-state index contributed by atoms with van der Waals surface area (Å²) in [5.41, 5.74) is 0.268. The van der Waals surface area contributed by atoms with Gasteiger partial charge in [-0.15, -0.1) is 0 Å². The van der Waals surface area contributed by atoms with Crippen molar-refractivity contribution in [3.63, 3.8) is 0 Å². The highest BCUT2D eigenvalue weighted by molar-refractivity contribution is 6.32. The average molecular weight is 311 g/mol. The number of anilines is 1. The van der Waals surface area contributed by atoms with Crippen molar-refractivity contribution in [2.24, 2.45) is 13.0 Å². The molecule has 0 aliphatic heterocycles. The van der Waals surface area contributed by atoms with Gasteiger partial charge in [0.2, 0.25) is 0 Å². The maximum atomic E-state index is 12.1. The predicted molar refractivity (Wildman–Crippen MR) is 81.5 cm³/mol. The number of rotatable bonds is 6. The molecule has 7 nitrogen and oxygen atoms in total. The van der Waals surface area contributed by atoms with Crippen LogP contribution in [0.1, 0.15) is 19.7 Å². The normalized spacial score (nSPS) is 11.1. The van der Waals surface area contributed by atoms with E-state index in [2.05, 4.69) is 20.5 Å². The van der Waals surface area contributed by atoms with Crippen molar-refractivity contribution < 1.29 is 0 Å². The molecule has 0 bridgehead atoms. The lowest BCUT2D eigenvalue weighted by molar-refractivity contribution is 0.464. The summed E-state index contributed by atoms with van der Waals surface area (Å²) in [6.45, 7) is 5.18. The highest BCUT2D eigenvalue weighted by Gasteiger charge is 2.10. The fourth-order valence-corrected chi connectivity index (χ4v) is 2.08. The van der Waals surface area contributed by atoms with E-state index in [1.165, 1.54) is 4.68 Å². The molecule has 2 heterocycles. The molecule has 21 heavy (non-hydrogen) atoms. The Labute approximate surface area is 128 Å². The van der Waals surface area contributed by atoms with Crippen molar-refractivity contribution in [3.05, 3.63) is 33.7 Å². The first-order valence-corrected chi connectivity index (χ1v) is 7.19. The molecule has 1 N–H and O–H groups in total. The van der Waals surface area contributed by atoms with E-state index in [4.69, 9.17) is 11.6 Å². The number of hydrogen-bond donors (Lipinski definition) is 1. The van der Waals surface area contributed by atoms with E-state index in [9.17, 15) is 4.79 Å². The van der Waals surface area contributed by atoms with Gasteiger partial charge in [0.05, 0.1) is 11.9 Å². The standard InChI is InChI=1S/C13H19ClN6O/c1-9(2)7-20-13(21)12(14)10(6-17-20)15-5-4-11-16-8-19(3)18-11/h6,8-9,15H,4-5,7H2,1-3H3. The molecule has 0 saturated carbocycles. The minimum absolute atomic E-state index is 0.166. The van der Waals surface area contributed by atoms with Crippen molar-refractivity contribution >= 4 is 17.3 Å². The van der Waals surface area contributed by atoms with Crippen LogP contribution in [0.3, 0.4) is 0 Å². The first-order chi connectivity index (χ1) is 9.97. The molecule has 0 unspecified atom stereocenters. The first kappa shape index (κ1) is 15.5. The molecule has 114 valence electrons. The fourth-order valence-electron chi connectivity index (χ4n) is 1.87. The lowest BCUT2D eigenvalue weighted by Crippen LogP contribution is -2.26. The van der Waals surface area contributed by atoms with Crippen LogP contribution in [0.4, 0.5) is 5.69 Å². The van der Waals surface area contributed by atoms with Crippen LogP contribution in [0.25, 0.3) is 0 Å². The Hall–Kier alpha value is -1.89. The number of nitrogens with zero attached hydrogens (tertiary/aromatic N) is 5. The summed E-state index contributed by atoms with van der Waals surface area (Å²) in [5, 5.41) is 11.6. The monoisotopic (exact) mass is 310 g/mol. The van der Waals surface area contributed by atoms with Gasteiger partial charge < -0.3 is 5.32 Å². The van der Waals surface area contributed by atoms with Crippen molar-refractivity contribution in [3.8, 4) is 0 Å². The number of halogens is 1. The third-order valence-corrected chi connectivity index (χ3v) is 3.20. The molecule has 0 aromatic carbocycles. The summed E-state index contributed by atoms with van der Waals surface area (Å²) in [6, 6.07) is 0. The van der Waals surface area contributed by atoms with Crippen LogP contribution in [0.15, 0.2) is 17.3 Å². The van der Waals surface area contributed by atoms with Crippen LogP contribution in [-0.2, 0) is 20.0 Å². The van der Waals surface area contributed by atoms with Crippen LogP contribution >= 0.6 is 11.6 Å². The summed E-state index contributed by atoms with van der Waals surface area (Å²) < 4.78 is 3.04. The van der Waals surface area contributed by atoms with Gasteiger partial charge in [-0.25, -0.2) is 9.67 Å². The maximum absolute atomic E-state index is 12.1. The second-order valence-corrected chi connectivity index (χ2v) is 5.64. The second kappa shape index (κ2) is 6.71. The van der Waals surface area contributed by atoms with Gasteiger partial charge >= 0.3 is 0 Å². The Morgan fingerprint density at radius 1 is 1.43 bits per heavy atom. The third kappa shape index (κ3) is 4.04. The first-order valence-electron chi connectivity index (χ1n) is 6.81. The van der Waals surface area contributed by atoms with Gasteiger partial charge in [0.15, 0.2) is 5.82 Å². The van der Waals surface area contributed by atoms with Gasteiger partial charge in [0.25, 0.3) is 5.56 Å². The van der Waals surface area contributed by atoms with E-state index < -0.39 is 0 Å². The number of aryl methyl sites for hydroxylation is 1. The zero-order valence-electron chi connectivity index (χ0n) is 12.4. The Morgan fingerprint density at radius 2 is 2.19 bits per heavy atom. The predicted octanol–water partition coefficient (Wildman–Crippen LogP) is 1.34. The Balaban J connectivity index is 2.00. The van der Waals surface area contributed by atoms with E-state index in [-0.39, 0.29) is 10.6 Å². The van der Waals surface area contributed by atoms with Crippen LogP contribution in [-0.4, -0.2) is 31.1 Å². The molecule has 0 aliphatic carbocycles. The van der Waals surface area contributed by atoms with Gasteiger partial charge in [-0.2, -0.15) is 10.2 Å². The van der Waals surface area contributed by atoms with Gasteiger partial charge in [-0.1, -0.05) is 25.4 Å². The van der Waals surface area contributed by atoms with Crippen LogP contribution in [0, 0.1) is 5.92 Å². The molecule has 0 fully saturated rings. The van der Waals surface area contributed by atoms with Crippen molar-refractivity contribution in [2.75, 3.05) is 11.9 Å². The lowest BCUT2D eigenvalue weighted by Gasteiger charge is -2.11. The summed E-state index contributed by atoms with van der Waals surface area (Å²) in [5.74, 6) is 1.07. The molecule has 0 radical (unpaired) electrons. The Kier molecular flexibility index (Phi) is 4.95. The van der Waals surface area contributed by atoms with Gasteiger partial charge in [0, 0.05) is 26.6 Å². The molecule has 2 aromatic heterocycles. The van der Waals surface area contributed by atoms with E-state index in [1.807, 2.05) is 20.9 Å². The van der Waals surface area contributed by atoms with Crippen LogP contribution in [0.5, 0.6) is 0 Å². The number of aromatic nitrogens is 5. The Bertz CT molecular complexity index is 663. The summed E-state index contributed by atoms with van der Waals surface area (Å²) >= 11 is 6.10. The fraction of sp³-hybridized carbons (Fsp3) is 0.538. The van der Waals surface area contributed by atoms with E-state index >= 15 is 0 Å². The molecule has 0 amide bonds. The van der Waals surface area contributed by atoms with Gasteiger partial charge in [0.1, 0.15) is 11.3 Å². The summed E-state index contributed by atoms with van der Waals surface area (Å²) in [7, 11) is 1.82. The Morgan fingerprint density at radius 3 is 2.81 bits per heavy atom. The van der Waals surface area contributed by atoms with Gasteiger partial charge in [-0.05, 0) is 5.92 Å². The minimum Gasteiger partial charge on any atom is -0.382 e. The number of hydrogen-bond acceptors (Lipinski definition) is 5. The van der Waals surface area contributed by atoms with Crippen LogP contribution < -0.4 is 10.9 Å². The quantitative estimate of drug-likeness (QED) is 0.871. The smallest absolute Gasteiger partial charge is 0.287 e. The molecular weight excluding hydrogens is 292 g/mol. The zero-order valence-corrected chi connectivity index (χ0v) is 13.1. The molecule has 2 aromatic rings. The molecule has 8 heteroatoms. The van der Waals surface area contributed by atoms with Crippen LogP contribution in [0.2, 0.25) is 5.02 Å². The van der Waals surface area contributed by atoms with E-state index in [0.29, 0.717) is 31.1 Å². The van der Waals surface area contributed by atoms with Gasteiger partial charge in [-0.3, -0.25) is 9.48 Å². The van der Waals surface area contributed by atoms with E-state index in [0.717, 1.165) is 5.82 Å².